The number of rotatable bonds is 2. The Hall–Kier alpha value is -1.93. The number of aromatic nitrogens is 2. The summed E-state index contributed by atoms with van der Waals surface area (Å²) in [6.45, 7) is 1.85. The topological polar surface area (TPSA) is 49.6 Å². The summed E-state index contributed by atoms with van der Waals surface area (Å²) in [6.07, 6.45) is 1.63. The molecule has 0 unspecified atom stereocenters. The van der Waals surface area contributed by atoms with Gasteiger partial charge in [0.25, 0.3) is 0 Å². The molecule has 1 aromatic carbocycles. The van der Waals surface area contributed by atoms with Crippen molar-refractivity contribution in [2.45, 2.75) is 17.0 Å². The largest absolute Gasteiger partial charge is 0.231 e. The molecule has 0 N–H and O–H groups in total. The quantitative estimate of drug-likeness (QED) is 0.763. The number of nitriles is 1. The van der Waals surface area contributed by atoms with E-state index in [0.717, 1.165) is 17.5 Å². The van der Waals surface area contributed by atoms with Crippen LogP contribution < -0.4 is 0 Å². The predicted molar refractivity (Wildman–Crippen MR) is 62.0 cm³/mol. The van der Waals surface area contributed by atoms with Crippen molar-refractivity contribution < 1.29 is 4.39 Å². The third-order valence-corrected chi connectivity index (χ3v) is 2.97. The second kappa shape index (κ2) is 4.93. The Morgan fingerprint density at radius 1 is 1.35 bits per heavy atom. The van der Waals surface area contributed by atoms with Crippen molar-refractivity contribution in [2.75, 3.05) is 0 Å². The van der Waals surface area contributed by atoms with E-state index in [2.05, 4.69) is 9.97 Å². The predicted octanol–water partition coefficient (Wildman–Crippen LogP) is 2.95. The smallest absolute Gasteiger partial charge is 0.192 e. The van der Waals surface area contributed by atoms with Crippen LogP contribution >= 0.6 is 11.8 Å². The number of aryl methyl sites for hydroxylation is 1. The number of hydrogen-bond acceptors (Lipinski definition) is 4. The molecule has 0 fully saturated rings. The van der Waals surface area contributed by atoms with Gasteiger partial charge in [-0.05, 0) is 43.0 Å². The van der Waals surface area contributed by atoms with E-state index in [9.17, 15) is 4.39 Å². The maximum absolute atomic E-state index is 13.6. The van der Waals surface area contributed by atoms with Crippen LogP contribution in [0.15, 0.2) is 40.5 Å². The number of hydrogen-bond donors (Lipinski definition) is 0. The third-order valence-electron chi connectivity index (χ3n) is 2.03. The van der Waals surface area contributed by atoms with E-state index in [1.54, 1.807) is 24.4 Å². The van der Waals surface area contributed by atoms with Crippen molar-refractivity contribution in [3.8, 4) is 6.07 Å². The van der Waals surface area contributed by atoms with Crippen LogP contribution in [-0.4, -0.2) is 9.97 Å². The van der Waals surface area contributed by atoms with Gasteiger partial charge in [-0.25, -0.2) is 14.4 Å². The molecule has 2 aromatic rings. The molecule has 0 aliphatic carbocycles. The zero-order valence-electron chi connectivity index (χ0n) is 9.01. The van der Waals surface area contributed by atoms with Gasteiger partial charge in [-0.2, -0.15) is 5.26 Å². The monoisotopic (exact) mass is 245 g/mol. The minimum Gasteiger partial charge on any atom is -0.231 e. The van der Waals surface area contributed by atoms with Crippen molar-refractivity contribution in [1.29, 1.82) is 5.26 Å². The van der Waals surface area contributed by atoms with E-state index in [1.807, 2.05) is 13.0 Å². The van der Waals surface area contributed by atoms with Gasteiger partial charge < -0.3 is 0 Å². The number of halogens is 1. The molecule has 0 aliphatic rings. The van der Waals surface area contributed by atoms with Crippen molar-refractivity contribution >= 4 is 11.8 Å². The highest BCUT2D eigenvalue weighted by Crippen LogP contribution is 2.27. The second-order valence-electron chi connectivity index (χ2n) is 3.34. The molecular weight excluding hydrogens is 237 g/mol. The van der Waals surface area contributed by atoms with Crippen LogP contribution in [-0.2, 0) is 0 Å². The molecule has 0 spiro atoms. The second-order valence-corrected chi connectivity index (χ2v) is 4.35. The summed E-state index contributed by atoms with van der Waals surface area (Å²) in [5, 5.41) is 9.12. The molecule has 84 valence electrons. The minimum atomic E-state index is -0.431. The average molecular weight is 245 g/mol. The summed E-state index contributed by atoms with van der Waals surface area (Å²) in [5.41, 5.74) is 1.13. The Bertz CT molecular complexity index is 593. The first-order chi connectivity index (χ1) is 8.19. The molecule has 1 aromatic heterocycles. The standard InChI is InChI=1S/C12H8FN3S/c1-8-4-5-15-12(16-8)17-11-3-2-9(7-14)6-10(11)13/h2-6H,1H3. The molecule has 17 heavy (non-hydrogen) atoms. The molecule has 5 heteroatoms. The zero-order chi connectivity index (χ0) is 12.3. The molecule has 1 heterocycles. The highest BCUT2D eigenvalue weighted by molar-refractivity contribution is 7.99. The third kappa shape index (κ3) is 2.80. The molecule has 2 rings (SSSR count). The number of benzene rings is 1. The van der Waals surface area contributed by atoms with Gasteiger partial charge in [-0.1, -0.05) is 0 Å². The molecular formula is C12H8FN3S. The molecule has 0 radical (unpaired) electrons. The van der Waals surface area contributed by atoms with Crippen LogP contribution in [0.25, 0.3) is 0 Å². The van der Waals surface area contributed by atoms with Crippen LogP contribution in [0, 0.1) is 24.1 Å². The normalized spacial score (nSPS) is 9.94. The van der Waals surface area contributed by atoms with Gasteiger partial charge in [0, 0.05) is 11.9 Å². The molecule has 0 saturated heterocycles. The summed E-state index contributed by atoms with van der Waals surface area (Å²) < 4.78 is 13.6. The SMILES string of the molecule is Cc1ccnc(Sc2ccc(C#N)cc2F)n1. The van der Waals surface area contributed by atoms with Crippen LogP contribution in [0.2, 0.25) is 0 Å². The Morgan fingerprint density at radius 3 is 2.82 bits per heavy atom. The van der Waals surface area contributed by atoms with Gasteiger partial charge in [0.05, 0.1) is 16.5 Å². The lowest BCUT2D eigenvalue weighted by Crippen LogP contribution is -1.90. The van der Waals surface area contributed by atoms with E-state index >= 15 is 0 Å². The zero-order valence-corrected chi connectivity index (χ0v) is 9.83. The van der Waals surface area contributed by atoms with Crippen LogP contribution in [0.1, 0.15) is 11.3 Å². The molecule has 0 bridgehead atoms. The summed E-state index contributed by atoms with van der Waals surface area (Å²) in [5.74, 6) is -0.431. The first kappa shape index (κ1) is 11.6. The highest BCUT2D eigenvalue weighted by atomic mass is 32.2. The Labute approximate surface area is 102 Å². The van der Waals surface area contributed by atoms with Gasteiger partial charge in [0.15, 0.2) is 5.16 Å². The van der Waals surface area contributed by atoms with E-state index < -0.39 is 5.82 Å². The lowest BCUT2D eigenvalue weighted by Gasteiger charge is -2.02. The van der Waals surface area contributed by atoms with E-state index in [-0.39, 0.29) is 0 Å². The minimum absolute atomic E-state index is 0.303. The van der Waals surface area contributed by atoms with Crippen molar-refractivity contribution in [2.24, 2.45) is 0 Å². The maximum atomic E-state index is 13.6. The summed E-state index contributed by atoms with van der Waals surface area (Å²) in [4.78, 5) is 8.62. The van der Waals surface area contributed by atoms with Crippen molar-refractivity contribution in [3.63, 3.8) is 0 Å². The summed E-state index contributed by atoms with van der Waals surface area (Å²) in [6, 6.07) is 8.00. The maximum Gasteiger partial charge on any atom is 0.192 e. The van der Waals surface area contributed by atoms with E-state index in [0.29, 0.717) is 15.6 Å². The average Bonchev–Trinajstić information content (AvgIpc) is 2.32. The fourth-order valence-corrected chi connectivity index (χ4v) is 2.02. The Balaban J connectivity index is 2.28. The molecule has 0 atom stereocenters. The van der Waals surface area contributed by atoms with Crippen molar-refractivity contribution in [3.05, 3.63) is 47.5 Å². The van der Waals surface area contributed by atoms with Gasteiger partial charge in [0.2, 0.25) is 0 Å². The number of nitrogens with zero attached hydrogens (tertiary/aromatic N) is 3. The molecule has 3 nitrogen and oxygen atoms in total. The fraction of sp³-hybridized carbons (Fsp3) is 0.0833. The van der Waals surface area contributed by atoms with Gasteiger partial charge in [0.1, 0.15) is 5.82 Å². The van der Waals surface area contributed by atoms with Crippen LogP contribution in [0.5, 0.6) is 0 Å². The van der Waals surface area contributed by atoms with Crippen LogP contribution in [0.4, 0.5) is 4.39 Å². The summed E-state index contributed by atoms with van der Waals surface area (Å²) >= 11 is 1.14. The lowest BCUT2D eigenvalue weighted by molar-refractivity contribution is 0.601. The molecule has 0 amide bonds. The van der Waals surface area contributed by atoms with Crippen LogP contribution in [0.3, 0.4) is 0 Å². The van der Waals surface area contributed by atoms with E-state index in [4.69, 9.17) is 5.26 Å². The molecule has 0 aliphatic heterocycles. The Morgan fingerprint density at radius 2 is 2.18 bits per heavy atom. The van der Waals surface area contributed by atoms with E-state index in [1.165, 1.54) is 6.07 Å². The van der Waals surface area contributed by atoms with Gasteiger partial charge in [-0.3, -0.25) is 0 Å². The Kier molecular flexibility index (Phi) is 3.35. The molecule has 0 saturated carbocycles. The first-order valence-corrected chi connectivity index (χ1v) is 5.68. The lowest BCUT2D eigenvalue weighted by atomic mass is 10.2. The summed E-state index contributed by atoms with van der Waals surface area (Å²) in [7, 11) is 0. The van der Waals surface area contributed by atoms with Gasteiger partial charge >= 0.3 is 0 Å². The van der Waals surface area contributed by atoms with Gasteiger partial charge in [-0.15, -0.1) is 0 Å². The highest BCUT2D eigenvalue weighted by Gasteiger charge is 2.07. The first-order valence-electron chi connectivity index (χ1n) is 4.86. The fourth-order valence-electron chi connectivity index (χ4n) is 1.23. The van der Waals surface area contributed by atoms with Crippen molar-refractivity contribution in [1.82, 2.24) is 9.97 Å².